The van der Waals surface area contributed by atoms with Gasteiger partial charge in [0, 0.05) is 37.2 Å². The van der Waals surface area contributed by atoms with Crippen LogP contribution in [0.3, 0.4) is 0 Å². The summed E-state index contributed by atoms with van der Waals surface area (Å²) < 4.78 is 5.20. The highest BCUT2D eigenvalue weighted by atomic mass is 16.5. The second-order valence-corrected chi connectivity index (χ2v) is 6.10. The monoisotopic (exact) mass is 297 g/mol. The van der Waals surface area contributed by atoms with Crippen molar-refractivity contribution in [2.75, 3.05) is 25.1 Å². The van der Waals surface area contributed by atoms with Gasteiger partial charge in [-0.2, -0.15) is 4.98 Å². The lowest BCUT2D eigenvalue weighted by atomic mass is 9.99. The van der Waals surface area contributed by atoms with E-state index in [0.717, 1.165) is 30.6 Å². The maximum absolute atomic E-state index is 5.20. The third-order valence-electron chi connectivity index (χ3n) is 4.30. The van der Waals surface area contributed by atoms with E-state index in [2.05, 4.69) is 24.8 Å². The standard InChI is InChI=1S/C16H19N5O/c1-10-5-14(22-2)20-16(19-10)21-8-13(9-21)15-17-6-12(7-18-15)11-3-4-11/h5-7,11,13H,3-4,8-9H2,1-2H3. The molecule has 0 N–H and O–H groups in total. The molecule has 2 aliphatic rings. The fourth-order valence-corrected chi connectivity index (χ4v) is 2.76. The zero-order valence-electron chi connectivity index (χ0n) is 12.9. The molecule has 0 bridgehead atoms. The maximum atomic E-state index is 5.20. The molecule has 0 unspecified atom stereocenters. The van der Waals surface area contributed by atoms with Crippen LogP contribution in [0.4, 0.5) is 5.95 Å². The van der Waals surface area contributed by atoms with Gasteiger partial charge in [-0.3, -0.25) is 0 Å². The van der Waals surface area contributed by atoms with Crippen LogP contribution in [0.2, 0.25) is 0 Å². The van der Waals surface area contributed by atoms with Crippen LogP contribution in [0.1, 0.15) is 41.8 Å². The van der Waals surface area contributed by atoms with E-state index in [4.69, 9.17) is 4.74 Å². The van der Waals surface area contributed by atoms with Crippen molar-refractivity contribution in [3.63, 3.8) is 0 Å². The van der Waals surface area contributed by atoms with Gasteiger partial charge in [-0.1, -0.05) is 0 Å². The highest BCUT2D eigenvalue weighted by Crippen LogP contribution is 2.39. The molecule has 2 aromatic rings. The van der Waals surface area contributed by atoms with Crippen molar-refractivity contribution in [2.45, 2.75) is 31.6 Å². The maximum Gasteiger partial charge on any atom is 0.228 e. The van der Waals surface area contributed by atoms with Crippen molar-refractivity contribution in [3.05, 3.63) is 35.5 Å². The second kappa shape index (κ2) is 5.19. The SMILES string of the molecule is COc1cc(C)nc(N2CC(c3ncc(C4CC4)cn3)C2)n1. The lowest BCUT2D eigenvalue weighted by molar-refractivity contribution is 0.393. The number of nitrogens with zero attached hydrogens (tertiary/aromatic N) is 5. The van der Waals surface area contributed by atoms with Crippen LogP contribution in [-0.2, 0) is 0 Å². The highest BCUT2D eigenvalue weighted by molar-refractivity contribution is 5.40. The van der Waals surface area contributed by atoms with Gasteiger partial charge in [0.15, 0.2) is 0 Å². The minimum atomic E-state index is 0.364. The summed E-state index contributed by atoms with van der Waals surface area (Å²) in [5.74, 6) is 3.34. The Morgan fingerprint density at radius 3 is 2.45 bits per heavy atom. The number of methoxy groups -OCH3 is 1. The van der Waals surface area contributed by atoms with Gasteiger partial charge in [0.2, 0.25) is 11.8 Å². The average molecular weight is 297 g/mol. The van der Waals surface area contributed by atoms with Crippen molar-refractivity contribution >= 4 is 5.95 Å². The van der Waals surface area contributed by atoms with E-state index in [1.165, 1.54) is 18.4 Å². The molecular weight excluding hydrogens is 278 g/mol. The average Bonchev–Trinajstić information content (AvgIpc) is 3.30. The van der Waals surface area contributed by atoms with E-state index in [9.17, 15) is 0 Å². The molecule has 0 amide bonds. The van der Waals surface area contributed by atoms with Gasteiger partial charge in [-0.25, -0.2) is 15.0 Å². The van der Waals surface area contributed by atoms with E-state index < -0.39 is 0 Å². The number of hydrogen-bond donors (Lipinski definition) is 0. The van der Waals surface area contributed by atoms with Crippen molar-refractivity contribution in [1.82, 2.24) is 19.9 Å². The lowest BCUT2D eigenvalue weighted by Gasteiger charge is -2.38. The van der Waals surface area contributed by atoms with E-state index in [0.29, 0.717) is 17.7 Å². The summed E-state index contributed by atoms with van der Waals surface area (Å²) in [4.78, 5) is 20.1. The third kappa shape index (κ3) is 2.49. The predicted octanol–water partition coefficient (Wildman–Crippen LogP) is 2.06. The Bertz CT molecular complexity index is 677. The zero-order valence-corrected chi connectivity index (χ0v) is 12.9. The first-order chi connectivity index (χ1) is 10.7. The Morgan fingerprint density at radius 2 is 1.82 bits per heavy atom. The quantitative estimate of drug-likeness (QED) is 0.861. The van der Waals surface area contributed by atoms with Crippen molar-refractivity contribution in [1.29, 1.82) is 0 Å². The van der Waals surface area contributed by atoms with Crippen molar-refractivity contribution in [3.8, 4) is 5.88 Å². The van der Waals surface area contributed by atoms with Crippen LogP contribution >= 0.6 is 0 Å². The number of anilines is 1. The Morgan fingerprint density at radius 1 is 1.09 bits per heavy atom. The summed E-state index contributed by atoms with van der Waals surface area (Å²) in [6.07, 6.45) is 6.56. The van der Waals surface area contributed by atoms with Crippen molar-refractivity contribution < 1.29 is 4.74 Å². The highest BCUT2D eigenvalue weighted by Gasteiger charge is 2.33. The fraction of sp³-hybridized carbons (Fsp3) is 0.500. The van der Waals surface area contributed by atoms with Gasteiger partial charge in [0.05, 0.1) is 13.0 Å². The van der Waals surface area contributed by atoms with Gasteiger partial charge >= 0.3 is 0 Å². The van der Waals surface area contributed by atoms with E-state index in [1.807, 2.05) is 25.4 Å². The minimum absolute atomic E-state index is 0.364. The zero-order chi connectivity index (χ0) is 15.1. The molecule has 22 heavy (non-hydrogen) atoms. The molecule has 0 aromatic carbocycles. The molecule has 6 nitrogen and oxygen atoms in total. The number of hydrogen-bond acceptors (Lipinski definition) is 6. The molecule has 1 aliphatic carbocycles. The molecule has 1 saturated heterocycles. The van der Waals surface area contributed by atoms with E-state index >= 15 is 0 Å². The molecule has 0 spiro atoms. The molecule has 4 rings (SSSR count). The largest absolute Gasteiger partial charge is 0.481 e. The Kier molecular flexibility index (Phi) is 3.17. The molecule has 1 saturated carbocycles. The smallest absolute Gasteiger partial charge is 0.228 e. The molecule has 6 heteroatoms. The number of rotatable bonds is 4. The lowest BCUT2D eigenvalue weighted by Crippen LogP contribution is -2.46. The van der Waals surface area contributed by atoms with Gasteiger partial charge in [0.25, 0.3) is 0 Å². The molecule has 0 atom stereocenters. The molecular formula is C16H19N5O. The van der Waals surface area contributed by atoms with Gasteiger partial charge in [-0.15, -0.1) is 0 Å². The first kappa shape index (κ1) is 13.4. The van der Waals surface area contributed by atoms with Crippen LogP contribution in [0.15, 0.2) is 18.5 Å². The molecule has 3 heterocycles. The number of aromatic nitrogens is 4. The molecule has 114 valence electrons. The first-order valence-electron chi connectivity index (χ1n) is 7.69. The van der Waals surface area contributed by atoms with Gasteiger partial charge in [0.1, 0.15) is 5.82 Å². The Hall–Kier alpha value is -2.24. The van der Waals surface area contributed by atoms with Crippen LogP contribution < -0.4 is 9.64 Å². The van der Waals surface area contributed by atoms with E-state index in [-0.39, 0.29) is 0 Å². The molecule has 0 radical (unpaired) electrons. The first-order valence-corrected chi connectivity index (χ1v) is 7.69. The van der Waals surface area contributed by atoms with E-state index in [1.54, 1.807) is 7.11 Å². The molecule has 2 fully saturated rings. The molecule has 1 aliphatic heterocycles. The summed E-state index contributed by atoms with van der Waals surface area (Å²) >= 11 is 0. The van der Waals surface area contributed by atoms with Crippen LogP contribution in [0, 0.1) is 6.92 Å². The second-order valence-electron chi connectivity index (χ2n) is 6.10. The summed E-state index contributed by atoms with van der Waals surface area (Å²) in [5.41, 5.74) is 2.20. The third-order valence-corrected chi connectivity index (χ3v) is 4.30. The number of aryl methyl sites for hydroxylation is 1. The summed E-state index contributed by atoms with van der Waals surface area (Å²) in [6, 6.07) is 1.83. The summed E-state index contributed by atoms with van der Waals surface area (Å²) in [7, 11) is 1.62. The topological polar surface area (TPSA) is 64.0 Å². The Balaban J connectivity index is 1.43. The Labute approximate surface area is 129 Å². The fourth-order valence-electron chi connectivity index (χ4n) is 2.76. The number of ether oxygens (including phenoxy) is 1. The van der Waals surface area contributed by atoms with Crippen LogP contribution in [-0.4, -0.2) is 40.1 Å². The molecule has 2 aromatic heterocycles. The predicted molar refractivity (Wildman–Crippen MR) is 82.3 cm³/mol. The summed E-state index contributed by atoms with van der Waals surface area (Å²) in [5, 5.41) is 0. The van der Waals surface area contributed by atoms with Gasteiger partial charge < -0.3 is 9.64 Å². The van der Waals surface area contributed by atoms with Crippen LogP contribution in [0.5, 0.6) is 5.88 Å². The summed E-state index contributed by atoms with van der Waals surface area (Å²) in [6.45, 7) is 3.66. The van der Waals surface area contributed by atoms with Crippen LogP contribution in [0.25, 0.3) is 0 Å². The van der Waals surface area contributed by atoms with Gasteiger partial charge in [-0.05, 0) is 31.2 Å². The van der Waals surface area contributed by atoms with Crippen molar-refractivity contribution in [2.24, 2.45) is 0 Å². The normalized spacial score (nSPS) is 18.2. The minimum Gasteiger partial charge on any atom is -0.481 e.